The first-order valence-corrected chi connectivity index (χ1v) is 9.26. The molecule has 0 aromatic heterocycles. The zero-order chi connectivity index (χ0) is 16.8. The van der Waals surface area contributed by atoms with Crippen molar-refractivity contribution in [1.82, 2.24) is 9.80 Å². The number of hydrogen-bond acceptors (Lipinski definition) is 4. The molecule has 0 atom stereocenters. The topological polar surface area (TPSA) is 38.8 Å². The van der Waals surface area contributed by atoms with Gasteiger partial charge in [0.2, 0.25) is 5.91 Å². The Morgan fingerprint density at radius 3 is 2.17 bits per heavy atom. The summed E-state index contributed by atoms with van der Waals surface area (Å²) in [6.45, 7) is 6.80. The minimum absolute atomic E-state index is 0.0853. The van der Waals surface area contributed by atoms with E-state index in [9.17, 15) is 4.79 Å². The van der Waals surface area contributed by atoms with Crippen LogP contribution in [0.5, 0.6) is 0 Å². The van der Waals surface area contributed by atoms with E-state index in [0.29, 0.717) is 6.54 Å². The van der Waals surface area contributed by atoms with Gasteiger partial charge >= 0.3 is 0 Å². The lowest BCUT2D eigenvalue weighted by atomic mass is 10.2. The third kappa shape index (κ3) is 4.95. The van der Waals surface area contributed by atoms with Crippen LogP contribution in [-0.2, 0) is 4.79 Å². The Bertz CT molecular complexity index is 515. The van der Waals surface area contributed by atoms with Crippen LogP contribution in [0, 0.1) is 0 Å². The molecule has 0 bridgehead atoms. The SMILES string of the molecule is CN1CCN(CC(=O)Nc2ccc(N3CCCCCC3)cc2)CC1. The Hall–Kier alpha value is -1.59. The average molecular weight is 330 g/mol. The average Bonchev–Trinajstić information content (AvgIpc) is 2.87. The molecule has 0 spiro atoms. The van der Waals surface area contributed by atoms with Gasteiger partial charge in [-0.05, 0) is 44.2 Å². The second-order valence-corrected chi connectivity index (χ2v) is 7.08. The minimum atomic E-state index is 0.0853. The van der Waals surface area contributed by atoms with Crippen molar-refractivity contribution in [2.24, 2.45) is 0 Å². The Morgan fingerprint density at radius 1 is 0.917 bits per heavy atom. The van der Waals surface area contributed by atoms with Crippen molar-refractivity contribution in [2.75, 3.05) is 63.1 Å². The van der Waals surface area contributed by atoms with Gasteiger partial charge in [-0.3, -0.25) is 9.69 Å². The molecule has 2 fully saturated rings. The lowest BCUT2D eigenvalue weighted by molar-refractivity contribution is -0.117. The maximum atomic E-state index is 12.2. The summed E-state index contributed by atoms with van der Waals surface area (Å²) in [6.07, 6.45) is 5.25. The van der Waals surface area contributed by atoms with Crippen LogP contribution in [0.2, 0.25) is 0 Å². The molecule has 2 aliphatic rings. The molecule has 132 valence electrons. The van der Waals surface area contributed by atoms with Gasteiger partial charge in [0.1, 0.15) is 0 Å². The summed E-state index contributed by atoms with van der Waals surface area (Å²) in [7, 11) is 2.13. The van der Waals surface area contributed by atoms with Crippen LogP contribution < -0.4 is 10.2 Å². The number of piperazine rings is 1. The van der Waals surface area contributed by atoms with Crippen molar-refractivity contribution in [3.8, 4) is 0 Å². The van der Waals surface area contributed by atoms with Gasteiger partial charge < -0.3 is 15.1 Å². The quantitative estimate of drug-likeness (QED) is 0.919. The summed E-state index contributed by atoms with van der Waals surface area (Å²) in [6, 6.07) is 8.33. The van der Waals surface area contributed by atoms with Gasteiger partial charge in [-0.1, -0.05) is 12.8 Å². The van der Waals surface area contributed by atoms with Crippen molar-refractivity contribution in [3.63, 3.8) is 0 Å². The number of nitrogens with one attached hydrogen (secondary N) is 1. The monoisotopic (exact) mass is 330 g/mol. The largest absolute Gasteiger partial charge is 0.372 e. The number of amides is 1. The van der Waals surface area contributed by atoms with Crippen LogP contribution >= 0.6 is 0 Å². The standard InChI is InChI=1S/C19H30N4O/c1-21-12-14-22(15-13-21)16-19(24)20-17-6-8-18(9-7-17)23-10-4-2-3-5-11-23/h6-9H,2-5,10-16H2,1H3,(H,20,24). The molecule has 2 heterocycles. The van der Waals surface area contributed by atoms with Crippen molar-refractivity contribution in [2.45, 2.75) is 25.7 Å². The molecule has 0 saturated carbocycles. The van der Waals surface area contributed by atoms with E-state index in [1.165, 1.54) is 31.4 Å². The normalized spacial score (nSPS) is 20.6. The second-order valence-electron chi connectivity index (χ2n) is 7.08. The molecule has 5 heteroatoms. The molecular formula is C19H30N4O. The fourth-order valence-corrected chi connectivity index (χ4v) is 3.49. The maximum Gasteiger partial charge on any atom is 0.238 e. The van der Waals surface area contributed by atoms with Gasteiger partial charge in [0.15, 0.2) is 0 Å². The third-order valence-electron chi connectivity index (χ3n) is 5.09. The van der Waals surface area contributed by atoms with Crippen molar-refractivity contribution in [1.29, 1.82) is 0 Å². The molecule has 1 aromatic rings. The lowest BCUT2D eigenvalue weighted by Crippen LogP contribution is -2.47. The minimum Gasteiger partial charge on any atom is -0.372 e. The molecule has 2 aliphatic heterocycles. The van der Waals surface area contributed by atoms with Gasteiger partial charge in [0.25, 0.3) is 0 Å². The van der Waals surface area contributed by atoms with Crippen LogP contribution in [0.1, 0.15) is 25.7 Å². The number of anilines is 2. The number of nitrogens with zero attached hydrogens (tertiary/aromatic N) is 3. The Labute approximate surface area is 145 Å². The van der Waals surface area contributed by atoms with Crippen LogP contribution in [0.15, 0.2) is 24.3 Å². The van der Waals surface area contributed by atoms with E-state index in [-0.39, 0.29) is 5.91 Å². The van der Waals surface area contributed by atoms with Crippen LogP contribution in [0.3, 0.4) is 0 Å². The lowest BCUT2D eigenvalue weighted by Gasteiger charge is -2.31. The van der Waals surface area contributed by atoms with Crippen LogP contribution in [0.25, 0.3) is 0 Å². The van der Waals surface area contributed by atoms with E-state index >= 15 is 0 Å². The Morgan fingerprint density at radius 2 is 1.54 bits per heavy atom. The molecule has 1 N–H and O–H groups in total. The number of likely N-dealkylation sites (N-methyl/N-ethyl adjacent to an activating group) is 1. The predicted octanol–water partition coefficient (Wildman–Crippen LogP) is 2.25. The number of benzene rings is 1. The molecule has 1 aromatic carbocycles. The third-order valence-corrected chi connectivity index (χ3v) is 5.09. The highest BCUT2D eigenvalue weighted by atomic mass is 16.2. The summed E-state index contributed by atoms with van der Waals surface area (Å²) in [4.78, 5) is 19.2. The summed E-state index contributed by atoms with van der Waals surface area (Å²) < 4.78 is 0. The van der Waals surface area contributed by atoms with Gasteiger partial charge in [-0.25, -0.2) is 0 Å². The van der Waals surface area contributed by atoms with E-state index in [2.05, 4.69) is 39.2 Å². The van der Waals surface area contributed by atoms with E-state index in [0.717, 1.165) is 45.0 Å². The molecule has 0 unspecified atom stereocenters. The van der Waals surface area contributed by atoms with Crippen molar-refractivity contribution >= 4 is 17.3 Å². The summed E-state index contributed by atoms with van der Waals surface area (Å²) in [5, 5.41) is 3.03. The first kappa shape index (κ1) is 17.2. The molecule has 2 saturated heterocycles. The summed E-state index contributed by atoms with van der Waals surface area (Å²) in [5.74, 6) is 0.0853. The second kappa shape index (κ2) is 8.49. The van der Waals surface area contributed by atoms with Gasteiger partial charge in [0, 0.05) is 50.6 Å². The van der Waals surface area contributed by atoms with E-state index < -0.39 is 0 Å². The van der Waals surface area contributed by atoms with Gasteiger partial charge in [-0.15, -0.1) is 0 Å². The molecule has 5 nitrogen and oxygen atoms in total. The fraction of sp³-hybridized carbons (Fsp3) is 0.632. The molecular weight excluding hydrogens is 300 g/mol. The fourth-order valence-electron chi connectivity index (χ4n) is 3.49. The number of hydrogen-bond donors (Lipinski definition) is 1. The predicted molar refractivity (Wildman–Crippen MR) is 99.7 cm³/mol. The number of carbonyl (C=O) groups excluding carboxylic acids is 1. The number of carbonyl (C=O) groups is 1. The highest BCUT2D eigenvalue weighted by molar-refractivity contribution is 5.92. The van der Waals surface area contributed by atoms with E-state index in [4.69, 9.17) is 0 Å². The molecule has 3 rings (SSSR count). The molecule has 0 aliphatic carbocycles. The van der Waals surface area contributed by atoms with Crippen molar-refractivity contribution in [3.05, 3.63) is 24.3 Å². The first-order chi connectivity index (χ1) is 11.7. The van der Waals surface area contributed by atoms with Gasteiger partial charge in [-0.2, -0.15) is 0 Å². The summed E-state index contributed by atoms with van der Waals surface area (Å²) >= 11 is 0. The first-order valence-electron chi connectivity index (χ1n) is 9.26. The molecule has 0 radical (unpaired) electrons. The van der Waals surface area contributed by atoms with Crippen molar-refractivity contribution < 1.29 is 4.79 Å². The number of rotatable bonds is 4. The molecule has 1 amide bonds. The maximum absolute atomic E-state index is 12.2. The highest BCUT2D eigenvalue weighted by Crippen LogP contribution is 2.21. The van der Waals surface area contributed by atoms with Gasteiger partial charge in [0.05, 0.1) is 6.54 Å². The summed E-state index contributed by atoms with van der Waals surface area (Å²) in [5.41, 5.74) is 2.17. The smallest absolute Gasteiger partial charge is 0.238 e. The zero-order valence-electron chi connectivity index (χ0n) is 14.8. The Balaban J connectivity index is 1.49. The Kier molecular flexibility index (Phi) is 6.10. The molecule has 24 heavy (non-hydrogen) atoms. The zero-order valence-corrected chi connectivity index (χ0v) is 14.8. The van der Waals surface area contributed by atoms with Crippen LogP contribution in [-0.4, -0.2) is 68.6 Å². The van der Waals surface area contributed by atoms with E-state index in [1.54, 1.807) is 0 Å². The highest BCUT2D eigenvalue weighted by Gasteiger charge is 2.16. The van der Waals surface area contributed by atoms with E-state index in [1.807, 2.05) is 12.1 Å². The van der Waals surface area contributed by atoms with Crippen LogP contribution in [0.4, 0.5) is 11.4 Å².